The minimum absolute atomic E-state index is 0.857. The number of nitrogens with zero attached hydrogens (tertiary/aromatic N) is 2. The third-order valence-corrected chi connectivity index (χ3v) is 3.02. The first-order valence-electron chi connectivity index (χ1n) is 4.93. The highest BCUT2D eigenvalue weighted by Gasteiger charge is 2.08. The van der Waals surface area contributed by atoms with Gasteiger partial charge in [0, 0.05) is 23.8 Å². The van der Waals surface area contributed by atoms with E-state index in [1.807, 2.05) is 0 Å². The first-order valence-corrected chi connectivity index (χ1v) is 5.74. The van der Waals surface area contributed by atoms with Crippen molar-refractivity contribution in [1.29, 1.82) is 0 Å². The highest BCUT2D eigenvalue weighted by Crippen LogP contribution is 2.29. The van der Waals surface area contributed by atoms with Gasteiger partial charge in [0.05, 0.1) is 4.88 Å². The molecule has 3 nitrogen and oxygen atoms in total. The minimum Gasteiger partial charge on any atom is -0.369 e. The lowest BCUT2D eigenvalue weighted by atomic mass is 10.3. The van der Waals surface area contributed by atoms with Crippen LogP contribution >= 0.6 is 11.3 Å². The second-order valence-corrected chi connectivity index (χ2v) is 4.48. The highest BCUT2D eigenvalue weighted by atomic mass is 32.1. The first-order chi connectivity index (χ1) is 7.31. The van der Waals surface area contributed by atoms with Gasteiger partial charge in [-0.15, -0.1) is 11.3 Å². The number of rotatable bonds is 3. The van der Waals surface area contributed by atoms with E-state index in [-0.39, 0.29) is 0 Å². The molecule has 0 aliphatic heterocycles. The standard InChI is InChI=1S/C11H13N3S/c1-3-12-11-10(13-6-7-14-11)9-5-4-8(2)15-9/h4-7H,3H2,1-2H3,(H,12,14). The molecule has 0 aliphatic rings. The van der Waals surface area contributed by atoms with Crippen LogP contribution in [0.25, 0.3) is 10.6 Å². The Morgan fingerprint density at radius 3 is 2.73 bits per heavy atom. The molecule has 0 atom stereocenters. The molecule has 78 valence electrons. The van der Waals surface area contributed by atoms with Crippen molar-refractivity contribution in [3.05, 3.63) is 29.4 Å². The molecular formula is C11H13N3S. The normalized spacial score (nSPS) is 10.3. The van der Waals surface area contributed by atoms with Crippen LogP contribution in [0.2, 0.25) is 0 Å². The van der Waals surface area contributed by atoms with Crippen LogP contribution in [-0.2, 0) is 0 Å². The zero-order valence-electron chi connectivity index (χ0n) is 8.82. The maximum atomic E-state index is 4.37. The fourth-order valence-corrected chi connectivity index (χ4v) is 2.24. The number of aromatic nitrogens is 2. The van der Waals surface area contributed by atoms with E-state index in [1.165, 1.54) is 4.88 Å². The zero-order valence-corrected chi connectivity index (χ0v) is 9.64. The van der Waals surface area contributed by atoms with Crippen LogP contribution in [0.15, 0.2) is 24.5 Å². The van der Waals surface area contributed by atoms with Crippen molar-refractivity contribution in [2.75, 3.05) is 11.9 Å². The number of hydrogen-bond acceptors (Lipinski definition) is 4. The summed E-state index contributed by atoms with van der Waals surface area (Å²) >= 11 is 1.74. The smallest absolute Gasteiger partial charge is 0.153 e. The second-order valence-electron chi connectivity index (χ2n) is 3.19. The van der Waals surface area contributed by atoms with E-state index in [9.17, 15) is 0 Å². The molecule has 0 saturated carbocycles. The molecule has 0 radical (unpaired) electrons. The van der Waals surface area contributed by atoms with Crippen molar-refractivity contribution in [3.8, 4) is 10.6 Å². The number of thiophene rings is 1. The molecule has 0 fully saturated rings. The van der Waals surface area contributed by atoms with E-state index >= 15 is 0 Å². The molecule has 0 aliphatic carbocycles. The predicted molar refractivity (Wildman–Crippen MR) is 64.2 cm³/mol. The SMILES string of the molecule is CCNc1nccnc1-c1ccc(C)s1. The lowest BCUT2D eigenvalue weighted by molar-refractivity contribution is 1.13. The van der Waals surface area contributed by atoms with E-state index in [2.05, 4.69) is 41.3 Å². The molecule has 4 heteroatoms. The fourth-order valence-electron chi connectivity index (χ4n) is 1.38. The van der Waals surface area contributed by atoms with Crippen LogP contribution in [0.3, 0.4) is 0 Å². The second kappa shape index (κ2) is 4.40. The molecule has 0 aromatic carbocycles. The lowest BCUT2D eigenvalue weighted by Crippen LogP contribution is -2.01. The van der Waals surface area contributed by atoms with Gasteiger partial charge in [0.25, 0.3) is 0 Å². The molecule has 0 saturated heterocycles. The molecule has 2 aromatic rings. The van der Waals surface area contributed by atoms with Crippen molar-refractivity contribution in [2.45, 2.75) is 13.8 Å². The van der Waals surface area contributed by atoms with Crippen LogP contribution in [-0.4, -0.2) is 16.5 Å². The third-order valence-electron chi connectivity index (χ3n) is 2.02. The summed E-state index contributed by atoms with van der Waals surface area (Å²) in [6, 6.07) is 4.19. The first kappa shape index (κ1) is 10.1. The molecule has 0 unspecified atom stereocenters. The quantitative estimate of drug-likeness (QED) is 0.862. The maximum absolute atomic E-state index is 4.37. The minimum atomic E-state index is 0.857. The average Bonchev–Trinajstić information content (AvgIpc) is 2.66. The Hall–Kier alpha value is -1.42. The Labute approximate surface area is 93.2 Å². The van der Waals surface area contributed by atoms with Crippen LogP contribution in [0, 0.1) is 6.92 Å². The monoisotopic (exact) mass is 219 g/mol. The Morgan fingerprint density at radius 1 is 1.27 bits per heavy atom. The van der Waals surface area contributed by atoms with E-state index in [1.54, 1.807) is 23.7 Å². The Balaban J connectivity index is 2.42. The van der Waals surface area contributed by atoms with Gasteiger partial charge >= 0.3 is 0 Å². The van der Waals surface area contributed by atoms with Gasteiger partial charge in [-0.3, -0.25) is 0 Å². The highest BCUT2D eigenvalue weighted by molar-refractivity contribution is 7.15. The average molecular weight is 219 g/mol. The number of nitrogens with one attached hydrogen (secondary N) is 1. The predicted octanol–water partition coefficient (Wildman–Crippen LogP) is 2.95. The van der Waals surface area contributed by atoms with Crippen molar-refractivity contribution in [1.82, 2.24) is 9.97 Å². The summed E-state index contributed by atoms with van der Waals surface area (Å²) in [4.78, 5) is 11.1. The van der Waals surface area contributed by atoms with Crippen LogP contribution in [0.4, 0.5) is 5.82 Å². The van der Waals surface area contributed by atoms with Crippen molar-refractivity contribution in [3.63, 3.8) is 0 Å². The van der Waals surface area contributed by atoms with Crippen LogP contribution < -0.4 is 5.32 Å². The molecule has 15 heavy (non-hydrogen) atoms. The van der Waals surface area contributed by atoms with Gasteiger partial charge in [-0.2, -0.15) is 0 Å². The van der Waals surface area contributed by atoms with Crippen molar-refractivity contribution in [2.24, 2.45) is 0 Å². The number of aryl methyl sites for hydroxylation is 1. The molecule has 2 aromatic heterocycles. The summed E-state index contributed by atoms with van der Waals surface area (Å²) in [5, 5.41) is 3.22. The summed E-state index contributed by atoms with van der Waals surface area (Å²) in [6.45, 7) is 5.01. The molecular weight excluding hydrogens is 206 g/mol. The topological polar surface area (TPSA) is 37.8 Å². The maximum Gasteiger partial charge on any atom is 0.153 e. The summed E-state index contributed by atoms with van der Waals surface area (Å²) in [5.41, 5.74) is 0.942. The van der Waals surface area contributed by atoms with E-state index < -0.39 is 0 Å². The molecule has 0 bridgehead atoms. The van der Waals surface area contributed by atoms with Gasteiger partial charge in [-0.25, -0.2) is 9.97 Å². The Kier molecular flexibility index (Phi) is 2.97. The number of anilines is 1. The molecule has 0 spiro atoms. The molecule has 2 rings (SSSR count). The summed E-state index contributed by atoms with van der Waals surface area (Å²) in [7, 11) is 0. The fraction of sp³-hybridized carbons (Fsp3) is 0.273. The Morgan fingerprint density at radius 2 is 2.07 bits per heavy atom. The summed E-state index contributed by atoms with van der Waals surface area (Å²) < 4.78 is 0. The van der Waals surface area contributed by atoms with E-state index in [0.717, 1.165) is 22.9 Å². The largest absolute Gasteiger partial charge is 0.369 e. The van der Waals surface area contributed by atoms with Gasteiger partial charge in [-0.1, -0.05) is 0 Å². The van der Waals surface area contributed by atoms with Gasteiger partial charge in [-0.05, 0) is 26.0 Å². The van der Waals surface area contributed by atoms with Crippen LogP contribution in [0.1, 0.15) is 11.8 Å². The third kappa shape index (κ3) is 2.15. The molecule has 0 amide bonds. The van der Waals surface area contributed by atoms with Crippen molar-refractivity contribution >= 4 is 17.2 Å². The van der Waals surface area contributed by atoms with Gasteiger partial charge in [0.2, 0.25) is 0 Å². The van der Waals surface area contributed by atoms with E-state index in [0.29, 0.717) is 0 Å². The summed E-state index contributed by atoms with van der Waals surface area (Å²) in [5.74, 6) is 0.863. The number of hydrogen-bond donors (Lipinski definition) is 1. The zero-order chi connectivity index (χ0) is 10.7. The Bertz CT molecular complexity index is 451. The summed E-state index contributed by atoms with van der Waals surface area (Å²) in [6.07, 6.45) is 3.44. The lowest BCUT2D eigenvalue weighted by Gasteiger charge is -2.05. The van der Waals surface area contributed by atoms with Gasteiger partial charge in [0.15, 0.2) is 5.82 Å². The van der Waals surface area contributed by atoms with Gasteiger partial charge in [0.1, 0.15) is 5.69 Å². The molecule has 2 heterocycles. The molecule has 1 N–H and O–H groups in total. The van der Waals surface area contributed by atoms with Crippen molar-refractivity contribution < 1.29 is 0 Å². The van der Waals surface area contributed by atoms with Gasteiger partial charge < -0.3 is 5.32 Å². The van der Waals surface area contributed by atoms with E-state index in [4.69, 9.17) is 0 Å². The van der Waals surface area contributed by atoms with Crippen LogP contribution in [0.5, 0.6) is 0 Å².